The Labute approximate surface area is 190 Å². The lowest BCUT2D eigenvalue weighted by molar-refractivity contribution is -0.140. The van der Waals surface area contributed by atoms with Crippen molar-refractivity contribution in [1.82, 2.24) is 0 Å². The maximum atomic E-state index is 11.3. The van der Waals surface area contributed by atoms with Crippen LogP contribution in [0.25, 0.3) is 11.1 Å². The van der Waals surface area contributed by atoms with Crippen LogP contribution in [-0.4, -0.2) is 19.7 Å². The summed E-state index contributed by atoms with van der Waals surface area (Å²) in [7, 11) is 1.41. The van der Waals surface area contributed by atoms with Crippen LogP contribution < -0.4 is 9.47 Å². The fourth-order valence-electron chi connectivity index (χ4n) is 3.64. The second kappa shape index (κ2) is 10.4. The van der Waals surface area contributed by atoms with Crippen LogP contribution in [-0.2, 0) is 22.6 Å². The van der Waals surface area contributed by atoms with E-state index in [-0.39, 0.29) is 5.97 Å². The van der Waals surface area contributed by atoms with E-state index in [0.29, 0.717) is 19.4 Å². The van der Waals surface area contributed by atoms with E-state index >= 15 is 0 Å². The Balaban J connectivity index is 1.35. The molecule has 32 heavy (non-hydrogen) atoms. The lowest BCUT2D eigenvalue weighted by atomic mass is 9.99. The quantitative estimate of drug-likeness (QED) is 0.363. The molecule has 0 saturated heterocycles. The Morgan fingerprint density at radius 3 is 2.41 bits per heavy atom. The summed E-state index contributed by atoms with van der Waals surface area (Å²) >= 11 is 0. The van der Waals surface area contributed by atoms with E-state index < -0.39 is 0 Å². The van der Waals surface area contributed by atoms with Gasteiger partial charge in [-0.15, -0.1) is 0 Å². The first-order valence-corrected chi connectivity index (χ1v) is 11.2. The van der Waals surface area contributed by atoms with Gasteiger partial charge in [-0.2, -0.15) is 0 Å². The number of rotatable bonds is 10. The van der Waals surface area contributed by atoms with Gasteiger partial charge in [0.05, 0.1) is 13.7 Å². The molecule has 0 aromatic heterocycles. The number of carbonyl (C=O) groups excluding carboxylic acids is 1. The third-order valence-electron chi connectivity index (χ3n) is 5.79. The molecule has 0 spiro atoms. The Hall–Kier alpha value is -3.27. The van der Waals surface area contributed by atoms with E-state index in [4.69, 9.17) is 9.47 Å². The summed E-state index contributed by atoms with van der Waals surface area (Å²) in [6.07, 6.45) is 3.65. The number of hydrogen-bond donors (Lipinski definition) is 0. The van der Waals surface area contributed by atoms with Crippen LogP contribution in [0.5, 0.6) is 11.5 Å². The SMILES string of the molecule is COC(=O)CCc1ccc(OCc2cccc(-c3ccc(OCC4CC4)cc3C)c2)cc1. The van der Waals surface area contributed by atoms with Crippen molar-refractivity contribution in [3.05, 3.63) is 83.4 Å². The smallest absolute Gasteiger partial charge is 0.305 e. The third-order valence-corrected chi connectivity index (χ3v) is 5.79. The van der Waals surface area contributed by atoms with Gasteiger partial charge in [0.2, 0.25) is 0 Å². The van der Waals surface area contributed by atoms with Crippen molar-refractivity contribution < 1.29 is 19.0 Å². The topological polar surface area (TPSA) is 44.8 Å². The van der Waals surface area contributed by atoms with Crippen LogP contribution in [0, 0.1) is 12.8 Å². The molecule has 0 atom stereocenters. The number of carbonyl (C=O) groups is 1. The molecule has 0 aliphatic heterocycles. The Morgan fingerprint density at radius 1 is 0.906 bits per heavy atom. The molecule has 166 valence electrons. The van der Waals surface area contributed by atoms with Crippen molar-refractivity contribution in [2.24, 2.45) is 5.92 Å². The fraction of sp³-hybridized carbons (Fsp3) is 0.321. The molecule has 0 bridgehead atoms. The first kappa shape index (κ1) is 21.9. The zero-order valence-corrected chi connectivity index (χ0v) is 18.8. The summed E-state index contributed by atoms with van der Waals surface area (Å²) in [6.45, 7) is 3.46. The zero-order chi connectivity index (χ0) is 22.3. The van der Waals surface area contributed by atoms with Crippen molar-refractivity contribution in [2.75, 3.05) is 13.7 Å². The minimum Gasteiger partial charge on any atom is -0.493 e. The summed E-state index contributed by atoms with van der Waals surface area (Å²) in [6, 6.07) is 22.7. The van der Waals surface area contributed by atoms with E-state index in [0.717, 1.165) is 35.2 Å². The third kappa shape index (κ3) is 6.13. The minimum absolute atomic E-state index is 0.194. The van der Waals surface area contributed by atoms with Crippen LogP contribution in [0.2, 0.25) is 0 Å². The second-order valence-corrected chi connectivity index (χ2v) is 8.44. The Morgan fingerprint density at radius 2 is 1.69 bits per heavy atom. The number of esters is 1. The largest absolute Gasteiger partial charge is 0.493 e. The van der Waals surface area contributed by atoms with Gasteiger partial charge in [-0.05, 0) is 90.3 Å². The van der Waals surface area contributed by atoms with E-state index in [9.17, 15) is 4.79 Å². The summed E-state index contributed by atoms with van der Waals surface area (Å²) in [5.74, 6) is 2.32. The first-order valence-electron chi connectivity index (χ1n) is 11.2. The molecule has 0 radical (unpaired) electrons. The highest BCUT2D eigenvalue weighted by Gasteiger charge is 2.21. The highest BCUT2D eigenvalue weighted by Crippen LogP contribution is 2.31. The number of benzene rings is 3. The molecule has 4 heteroatoms. The monoisotopic (exact) mass is 430 g/mol. The molecule has 3 aromatic rings. The zero-order valence-electron chi connectivity index (χ0n) is 18.8. The summed E-state index contributed by atoms with van der Waals surface area (Å²) < 4.78 is 16.6. The van der Waals surface area contributed by atoms with E-state index in [1.807, 2.05) is 24.3 Å². The molecule has 0 amide bonds. The Kier molecular flexibility index (Phi) is 7.10. The molecule has 1 saturated carbocycles. The molecular weight excluding hydrogens is 400 g/mol. The van der Waals surface area contributed by atoms with E-state index in [1.165, 1.54) is 36.6 Å². The molecule has 4 nitrogen and oxygen atoms in total. The lowest BCUT2D eigenvalue weighted by Gasteiger charge is -2.12. The predicted molar refractivity (Wildman–Crippen MR) is 126 cm³/mol. The molecule has 3 aromatic carbocycles. The number of methoxy groups -OCH3 is 1. The maximum Gasteiger partial charge on any atom is 0.305 e. The van der Waals surface area contributed by atoms with Crippen molar-refractivity contribution in [2.45, 2.75) is 39.2 Å². The van der Waals surface area contributed by atoms with Crippen LogP contribution >= 0.6 is 0 Å². The number of hydrogen-bond acceptors (Lipinski definition) is 4. The molecule has 4 rings (SSSR count). The molecule has 1 aliphatic carbocycles. The highest BCUT2D eigenvalue weighted by atomic mass is 16.5. The molecular formula is C28H30O4. The fourth-order valence-corrected chi connectivity index (χ4v) is 3.64. The van der Waals surface area contributed by atoms with Gasteiger partial charge in [0.25, 0.3) is 0 Å². The first-order chi connectivity index (χ1) is 15.6. The number of aryl methyl sites for hydroxylation is 2. The molecule has 0 unspecified atom stereocenters. The van der Waals surface area contributed by atoms with Gasteiger partial charge < -0.3 is 14.2 Å². The van der Waals surface area contributed by atoms with Crippen molar-refractivity contribution in [3.8, 4) is 22.6 Å². The number of ether oxygens (including phenoxy) is 3. The Bertz CT molecular complexity index is 1050. The normalized spacial score (nSPS) is 12.9. The van der Waals surface area contributed by atoms with Gasteiger partial charge >= 0.3 is 5.97 Å². The minimum atomic E-state index is -0.194. The standard InChI is InChI=1S/C28H30O4/c1-20-16-26(32-18-22-6-7-22)13-14-27(20)24-5-3-4-23(17-24)19-31-25-11-8-21(9-12-25)10-15-28(29)30-2/h3-5,8-9,11-14,16-17,22H,6-7,10,15,18-19H2,1-2H3. The molecule has 0 heterocycles. The van der Waals surface area contributed by atoms with Crippen LogP contribution in [0.15, 0.2) is 66.7 Å². The second-order valence-electron chi connectivity index (χ2n) is 8.44. The van der Waals surface area contributed by atoms with Gasteiger partial charge in [-0.3, -0.25) is 4.79 Å². The summed E-state index contributed by atoms with van der Waals surface area (Å²) in [5, 5.41) is 0. The highest BCUT2D eigenvalue weighted by molar-refractivity contribution is 5.69. The van der Waals surface area contributed by atoms with Crippen molar-refractivity contribution in [3.63, 3.8) is 0 Å². The van der Waals surface area contributed by atoms with Crippen LogP contribution in [0.1, 0.15) is 36.0 Å². The molecule has 1 aliphatic rings. The van der Waals surface area contributed by atoms with Gasteiger partial charge in [-0.25, -0.2) is 0 Å². The van der Waals surface area contributed by atoms with Crippen molar-refractivity contribution in [1.29, 1.82) is 0 Å². The van der Waals surface area contributed by atoms with Gasteiger partial charge in [0.1, 0.15) is 18.1 Å². The van der Waals surface area contributed by atoms with Gasteiger partial charge in [0, 0.05) is 6.42 Å². The van der Waals surface area contributed by atoms with Gasteiger partial charge in [0.15, 0.2) is 0 Å². The summed E-state index contributed by atoms with van der Waals surface area (Å²) in [5.41, 5.74) is 5.80. The lowest BCUT2D eigenvalue weighted by Crippen LogP contribution is -2.02. The van der Waals surface area contributed by atoms with E-state index in [2.05, 4.69) is 54.1 Å². The van der Waals surface area contributed by atoms with Gasteiger partial charge in [-0.1, -0.05) is 36.4 Å². The van der Waals surface area contributed by atoms with Crippen LogP contribution in [0.3, 0.4) is 0 Å². The molecule has 0 N–H and O–H groups in total. The average molecular weight is 431 g/mol. The average Bonchev–Trinajstić information content (AvgIpc) is 3.65. The van der Waals surface area contributed by atoms with E-state index in [1.54, 1.807) is 0 Å². The maximum absolute atomic E-state index is 11.3. The van der Waals surface area contributed by atoms with Crippen molar-refractivity contribution >= 4 is 5.97 Å². The predicted octanol–water partition coefficient (Wildman–Crippen LogP) is 6.14. The molecule has 1 fully saturated rings. The summed E-state index contributed by atoms with van der Waals surface area (Å²) in [4.78, 5) is 11.3. The van der Waals surface area contributed by atoms with Crippen LogP contribution in [0.4, 0.5) is 0 Å².